The Hall–Kier alpha value is -2.28. The molecule has 170 valence electrons. The van der Waals surface area contributed by atoms with E-state index in [1.807, 2.05) is 4.90 Å². The number of thiazole rings is 1. The summed E-state index contributed by atoms with van der Waals surface area (Å²) in [5, 5.41) is 0.811. The normalized spacial score (nSPS) is 14.8. The first-order valence-electron chi connectivity index (χ1n) is 11.4. The lowest BCUT2D eigenvalue weighted by Crippen LogP contribution is -2.39. The van der Waals surface area contributed by atoms with Crippen LogP contribution in [-0.4, -0.2) is 55.2 Å². The zero-order valence-corrected chi connectivity index (χ0v) is 20.4. The van der Waals surface area contributed by atoms with Crippen LogP contribution in [-0.2, 0) is 16.0 Å². The molecule has 0 aliphatic carbocycles. The van der Waals surface area contributed by atoms with Gasteiger partial charge < -0.3 is 4.74 Å². The molecule has 1 aliphatic rings. The van der Waals surface area contributed by atoms with Crippen molar-refractivity contribution < 1.29 is 9.53 Å². The zero-order chi connectivity index (χ0) is 22.7. The summed E-state index contributed by atoms with van der Waals surface area (Å²) in [6.45, 7) is 13.6. The van der Waals surface area contributed by atoms with Crippen molar-refractivity contribution in [1.29, 1.82) is 0 Å². The molecule has 32 heavy (non-hydrogen) atoms. The number of hydrogen-bond acceptors (Lipinski definition) is 5. The Morgan fingerprint density at radius 2 is 1.81 bits per heavy atom. The maximum Gasteiger partial charge on any atom is 0.233 e. The maximum absolute atomic E-state index is 13.5. The number of benzene rings is 2. The van der Waals surface area contributed by atoms with E-state index in [1.54, 1.807) is 11.3 Å². The van der Waals surface area contributed by atoms with Gasteiger partial charge >= 0.3 is 0 Å². The fourth-order valence-corrected chi connectivity index (χ4v) is 5.45. The van der Waals surface area contributed by atoms with E-state index in [1.165, 1.54) is 27.0 Å². The van der Waals surface area contributed by atoms with E-state index in [-0.39, 0.29) is 5.91 Å². The van der Waals surface area contributed by atoms with Crippen LogP contribution in [0.25, 0.3) is 10.2 Å². The monoisotopic (exact) mass is 451 g/mol. The van der Waals surface area contributed by atoms with Gasteiger partial charge in [-0.25, -0.2) is 4.98 Å². The van der Waals surface area contributed by atoms with E-state index in [4.69, 9.17) is 9.72 Å². The van der Waals surface area contributed by atoms with Crippen LogP contribution in [0.4, 0.5) is 5.13 Å². The predicted octanol–water partition coefficient (Wildman–Crippen LogP) is 4.83. The smallest absolute Gasteiger partial charge is 0.233 e. The summed E-state index contributed by atoms with van der Waals surface area (Å²) in [5.41, 5.74) is 6.89. The molecule has 1 aliphatic heterocycles. The third-order valence-corrected chi connectivity index (χ3v) is 7.37. The number of carbonyl (C=O) groups is 1. The highest BCUT2D eigenvalue weighted by Gasteiger charge is 2.22. The van der Waals surface area contributed by atoms with Crippen molar-refractivity contribution >= 4 is 32.6 Å². The summed E-state index contributed by atoms with van der Waals surface area (Å²) in [4.78, 5) is 22.7. The van der Waals surface area contributed by atoms with Crippen LogP contribution < -0.4 is 4.90 Å². The minimum Gasteiger partial charge on any atom is -0.379 e. The largest absolute Gasteiger partial charge is 0.379 e. The molecule has 0 bridgehead atoms. The first-order chi connectivity index (χ1) is 15.4. The van der Waals surface area contributed by atoms with Gasteiger partial charge in [-0.15, -0.1) is 0 Å². The standard InChI is InChI=1S/C26H33N3O2S/c1-18-6-7-22(20(3)14-18)17-24(30)29(9-5-8-28-10-12-31-13-11-28)26-27-23-16-19(2)15-21(4)25(23)32-26/h6-7,14-16H,5,8-13,17H2,1-4H3. The number of nitrogens with zero attached hydrogens (tertiary/aromatic N) is 3. The van der Waals surface area contributed by atoms with Crippen molar-refractivity contribution in [3.63, 3.8) is 0 Å². The van der Waals surface area contributed by atoms with Gasteiger partial charge in [0.2, 0.25) is 5.91 Å². The molecule has 0 spiro atoms. The molecule has 1 amide bonds. The fourth-order valence-electron chi connectivity index (χ4n) is 4.39. The molecule has 0 saturated carbocycles. The minimum atomic E-state index is 0.118. The molecule has 0 atom stereocenters. The Labute approximate surface area is 195 Å². The van der Waals surface area contributed by atoms with E-state index < -0.39 is 0 Å². The Morgan fingerprint density at radius 3 is 2.56 bits per heavy atom. The van der Waals surface area contributed by atoms with Gasteiger partial charge in [0.05, 0.1) is 29.9 Å². The van der Waals surface area contributed by atoms with Crippen LogP contribution in [0.15, 0.2) is 30.3 Å². The lowest BCUT2D eigenvalue weighted by Gasteiger charge is -2.27. The Bertz CT molecular complexity index is 1100. The average Bonchev–Trinajstić information content (AvgIpc) is 3.18. The van der Waals surface area contributed by atoms with Crippen LogP contribution in [0.5, 0.6) is 0 Å². The van der Waals surface area contributed by atoms with Crippen LogP contribution in [0, 0.1) is 27.7 Å². The topological polar surface area (TPSA) is 45.7 Å². The molecule has 0 unspecified atom stereocenters. The summed E-state index contributed by atoms with van der Waals surface area (Å²) in [5.74, 6) is 0.118. The van der Waals surface area contributed by atoms with Crippen molar-refractivity contribution in [2.75, 3.05) is 44.3 Å². The number of rotatable bonds is 7. The van der Waals surface area contributed by atoms with Crippen molar-refractivity contribution in [1.82, 2.24) is 9.88 Å². The summed E-state index contributed by atoms with van der Waals surface area (Å²) >= 11 is 1.63. The molecule has 1 saturated heterocycles. The molecule has 5 nitrogen and oxygen atoms in total. The van der Waals surface area contributed by atoms with E-state index >= 15 is 0 Å². The third kappa shape index (κ3) is 5.37. The first-order valence-corrected chi connectivity index (χ1v) is 12.3. The summed E-state index contributed by atoms with van der Waals surface area (Å²) in [6.07, 6.45) is 1.32. The highest BCUT2D eigenvalue weighted by molar-refractivity contribution is 7.22. The van der Waals surface area contributed by atoms with E-state index in [2.05, 4.69) is 62.9 Å². The van der Waals surface area contributed by atoms with Crippen LogP contribution in [0.1, 0.15) is 34.2 Å². The Balaban J connectivity index is 1.56. The highest BCUT2D eigenvalue weighted by atomic mass is 32.1. The molecular formula is C26H33N3O2S. The lowest BCUT2D eigenvalue weighted by molar-refractivity contribution is -0.118. The molecule has 3 aromatic rings. The van der Waals surface area contributed by atoms with Gasteiger partial charge in [0, 0.05) is 26.2 Å². The molecular weight excluding hydrogens is 418 g/mol. The average molecular weight is 452 g/mol. The predicted molar refractivity (Wildman–Crippen MR) is 133 cm³/mol. The highest BCUT2D eigenvalue weighted by Crippen LogP contribution is 2.32. The van der Waals surface area contributed by atoms with Crippen molar-refractivity contribution in [2.24, 2.45) is 0 Å². The van der Waals surface area contributed by atoms with E-state index in [9.17, 15) is 4.79 Å². The van der Waals surface area contributed by atoms with Crippen LogP contribution in [0.3, 0.4) is 0 Å². The first kappa shape index (κ1) is 22.9. The molecule has 6 heteroatoms. The number of aryl methyl sites for hydroxylation is 4. The van der Waals surface area contributed by atoms with Crippen molar-refractivity contribution in [2.45, 2.75) is 40.5 Å². The number of amides is 1. The van der Waals surface area contributed by atoms with Gasteiger partial charge in [-0.3, -0.25) is 14.6 Å². The quantitative estimate of drug-likeness (QED) is 0.516. The molecule has 2 heterocycles. The number of hydrogen-bond donors (Lipinski definition) is 0. The maximum atomic E-state index is 13.5. The molecule has 4 rings (SSSR count). The number of fused-ring (bicyclic) bond motifs is 1. The molecule has 1 fully saturated rings. The number of carbonyl (C=O) groups excluding carboxylic acids is 1. The van der Waals surface area contributed by atoms with Gasteiger partial charge in [0.25, 0.3) is 0 Å². The molecule has 0 radical (unpaired) electrons. The van der Waals surface area contributed by atoms with Gasteiger partial charge in [-0.2, -0.15) is 0 Å². The summed E-state index contributed by atoms with van der Waals surface area (Å²) in [6, 6.07) is 10.6. The number of morpholine rings is 1. The zero-order valence-electron chi connectivity index (χ0n) is 19.6. The number of anilines is 1. The van der Waals surface area contributed by atoms with Crippen molar-refractivity contribution in [3.05, 3.63) is 58.1 Å². The van der Waals surface area contributed by atoms with E-state index in [0.29, 0.717) is 13.0 Å². The summed E-state index contributed by atoms with van der Waals surface area (Å²) < 4.78 is 6.63. The minimum absolute atomic E-state index is 0.118. The molecule has 0 N–H and O–H groups in total. The number of ether oxygens (including phenoxy) is 1. The second kappa shape index (κ2) is 10.1. The fraction of sp³-hybridized carbons (Fsp3) is 0.462. The van der Waals surface area contributed by atoms with Gasteiger partial charge in [-0.05, 0) is 62.4 Å². The molecule has 1 aromatic heterocycles. The second-order valence-electron chi connectivity index (χ2n) is 8.89. The van der Waals surface area contributed by atoms with Crippen LogP contribution >= 0.6 is 11.3 Å². The molecule has 2 aromatic carbocycles. The second-order valence-corrected chi connectivity index (χ2v) is 9.86. The SMILES string of the molecule is Cc1ccc(CC(=O)N(CCCN2CCOCC2)c2nc3cc(C)cc(C)c3s2)c(C)c1. The van der Waals surface area contributed by atoms with Crippen molar-refractivity contribution in [3.8, 4) is 0 Å². The third-order valence-electron chi connectivity index (χ3n) is 6.14. The van der Waals surface area contributed by atoms with E-state index in [0.717, 1.165) is 55.5 Å². The van der Waals surface area contributed by atoms with Gasteiger partial charge in [-0.1, -0.05) is 41.2 Å². The Kier molecular flexibility index (Phi) is 7.23. The van der Waals surface area contributed by atoms with Crippen LogP contribution in [0.2, 0.25) is 0 Å². The van der Waals surface area contributed by atoms with Gasteiger partial charge in [0.1, 0.15) is 0 Å². The summed E-state index contributed by atoms with van der Waals surface area (Å²) in [7, 11) is 0. The van der Waals surface area contributed by atoms with Gasteiger partial charge in [0.15, 0.2) is 5.13 Å². The lowest BCUT2D eigenvalue weighted by atomic mass is 10.0. The number of aromatic nitrogens is 1. The Morgan fingerprint density at radius 1 is 1.06 bits per heavy atom.